The van der Waals surface area contributed by atoms with Crippen LogP contribution in [0, 0.1) is 0 Å². The highest BCUT2D eigenvalue weighted by Gasteiger charge is 2.09. The number of carbonyl (C=O) groups excluding carboxylic acids is 2. The van der Waals surface area contributed by atoms with Gasteiger partial charge in [0.05, 0.1) is 12.1 Å². The third-order valence-electron chi connectivity index (χ3n) is 4.65. The van der Waals surface area contributed by atoms with Crippen LogP contribution in [-0.2, 0) is 16.0 Å². The molecule has 0 aromatic carbocycles. The summed E-state index contributed by atoms with van der Waals surface area (Å²) in [5.74, 6) is -0.0360. The minimum atomic E-state index is -0.0545. The minimum absolute atomic E-state index is 0.0185. The van der Waals surface area contributed by atoms with E-state index < -0.39 is 0 Å². The second-order valence-corrected chi connectivity index (χ2v) is 7.30. The second-order valence-electron chi connectivity index (χ2n) is 7.30. The lowest BCUT2D eigenvalue weighted by atomic mass is 10.0. The Kier molecular flexibility index (Phi) is 11.9. The van der Waals surface area contributed by atoms with Crippen LogP contribution < -0.4 is 0 Å². The van der Waals surface area contributed by atoms with Crippen LogP contribution in [0.5, 0.6) is 0 Å². The van der Waals surface area contributed by atoms with Gasteiger partial charge in [0.1, 0.15) is 0 Å². The fourth-order valence-electron chi connectivity index (χ4n) is 2.86. The molecule has 1 aromatic heterocycles. The van der Waals surface area contributed by atoms with E-state index in [0.717, 1.165) is 29.8 Å². The maximum Gasteiger partial charge on any atom is 0.168 e. The summed E-state index contributed by atoms with van der Waals surface area (Å²) in [5.41, 5.74) is 4.31. The normalized spacial score (nSPS) is 12.5. The quantitative estimate of drug-likeness (QED) is 0.240. The zero-order chi connectivity index (χ0) is 23.9. The smallest absolute Gasteiger partial charge is 0.168 e. The summed E-state index contributed by atoms with van der Waals surface area (Å²) in [6, 6.07) is 5.66. The van der Waals surface area contributed by atoms with Crippen molar-refractivity contribution in [2.24, 2.45) is 0 Å². The van der Waals surface area contributed by atoms with Gasteiger partial charge in [-0.3, -0.25) is 14.6 Å². The monoisotopic (exact) mass is 427 g/mol. The number of hydrogen-bond acceptors (Lipinski definition) is 3. The minimum Gasteiger partial charge on any atom is -0.294 e. The van der Waals surface area contributed by atoms with Crippen LogP contribution in [0.4, 0.5) is 0 Å². The van der Waals surface area contributed by atoms with Gasteiger partial charge in [-0.2, -0.15) is 0 Å². The lowest BCUT2D eigenvalue weighted by Gasteiger charge is -2.05. The van der Waals surface area contributed by atoms with Gasteiger partial charge < -0.3 is 0 Å². The van der Waals surface area contributed by atoms with Gasteiger partial charge in [-0.05, 0) is 36.6 Å². The molecule has 0 saturated carbocycles. The Hall–Kier alpha value is -3.59. The average Bonchev–Trinajstić information content (AvgIpc) is 2.77. The fraction of sp³-hybridized carbons (Fsp3) is 0.207. The molecule has 0 aliphatic carbocycles. The van der Waals surface area contributed by atoms with Gasteiger partial charge in [-0.1, -0.05) is 94.3 Å². The number of hydrogen-bond donors (Lipinski definition) is 0. The van der Waals surface area contributed by atoms with Crippen LogP contribution in [0.25, 0.3) is 5.57 Å². The van der Waals surface area contributed by atoms with Crippen molar-refractivity contribution in [3.8, 4) is 0 Å². The van der Waals surface area contributed by atoms with E-state index in [0.29, 0.717) is 16.7 Å². The predicted molar refractivity (Wildman–Crippen MR) is 136 cm³/mol. The number of aromatic nitrogens is 1. The van der Waals surface area contributed by atoms with Crippen molar-refractivity contribution in [3.05, 3.63) is 121 Å². The Morgan fingerprint density at radius 1 is 1.03 bits per heavy atom. The van der Waals surface area contributed by atoms with Crippen LogP contribution in [-0.4, -0.2) is 16.6 Å². The summed E-state index contributed by atoms with van der Waals surface area (Å²) in [6.07, 6.45) is 16.1. The number of nitrogens with zero attached hydrogens (tertiary/aromatic N) is 1. The molecule has 0 N–H and O–H groups in total. The molecule has 0 amide bonds. The van der Waals surface area contributed by atoms with E-state index in [4.69, 9.17) is 0 Å². The van der Waals surface area contributed by atoms with Crippen molar-refractivity contribution in [1.82, 2.24) is 4.98 Å². The van der Waals surface area contributed by atoms with Crippen LogP contribution >= 0.6 is 0 Å². The molecule has 0 aliphatic rings. The van der Waals surface area contributed by atoms with Crippen molar-refractivity contribution in [1.29, 1.82) is 0 Å². The molecule has 0 aliphatic heterocycles. The predicted octanol–water partition coefficient (Wildman–Crippen LogP) is 6.88. The highest BCUT2D eigenvalue weighted by molar-refractivity contribution is 6.00. The number of ketones is 2. The molecule has 0 atom stereocenters. The molecule has 3 heteroatoms. The summed E-state index contributed by atoms with van der Waals surface area (Å²) < 4.78 is 0. The number of unbranched alkanes of at least 4 members (excludes halogenated alkanes) is 1. The fourth-order valence-corrected chi connectivity index (χ4v) is 2.86. The molecule has 0 saturated heterocycles. The second kappa shape index (κ2) is 14.4. The molecule has 0 bridgehead atoms. The lowest BCUT2D eigenvalue weighted by Crippen LogP contribution is -2.07. The summed E-state index contributed by atoms with van der Waals surface area (Å²) in [7, 11) is 0. The Morgan fingerprint density at radius 3 is 2.38 bits per heavy atom. The molecule has 0 fully saturated rings. The Balaban J connectivity index is 2.84. The Bertz CT molecular complexity index is 1000. The van der Waals surface area contributed by atoms with Crippen molar-refractivity contribution < 1.29 is 9.59 Å². The van der Waals surface area contributed by atoms with Crippen LogP contribution in [0.1, 0.15) is 44.5 Å². The lowest BCUT2D eigenvalue weighted by molar-refractivity contribution is -0.115. The molecule has 1 aromatic rings. The van der Waals surface area contributed by atoms with Crippen LogP contribution in [0.2, 0.25) is 0 Å². The van der Waals surface area contributed by atoms with Gasteiger partial charge in [-0.25, -0.2) is 0 Å². The molecule has 3 nitrogen and oxygen atoms in total. The maximum atomic E-state index is 12.5. The van der Waals surface area contributed by atoms with Gasteiger partial charge >= 0.3 is 0 Å². The molecular formula is C29H33NO2. The van der Waals surface area contributed by atoms with Crippen molar-refractivity contribution >= 4 is 17.1 Å². The summed E-state index contributed by atoms with van der Waals surface area (Å²) in [6.45, 7) is 19.0. The van der Waals surface area contributed by atoms with Gasteiger partial charge in [-0.15, -0.1) is 0 Å². The maximum absolute atomic E-state index is 12.5. The molecular weight excluding hydrogens is 394 g/mol. The molecule has 32 heavy (non-hydrogen) atoms. The molecule has 0 radical (unpaired) electrons. The van der Waals surface area contributed by atoms with Gasteiger partial charge in [0.15, 0.2) is 11.6 Å². The van der Waals surface area contributed by atoms with E-state index in [9.17, 15) is 9.59 Å². The van der Waals surface area contributed by atoms with Crippen molar-refractivity contribution in [2.45, 2.75) is 39.5 Å². The highest BCUT2D eigenvalue weighted by atomic mass is 16.1. The largest absolute Gasteiger partial charge is 0.294 e. The van der Waals surface area contributed by atoms with Crippen LogP contribution in [0.15, 0.2) is 110 Å². The number of Topliss-reactive ketones (excluding diaryl/α,β-unsaturated/α-hetero) is 2. The number of rotatable bonds is 14. The number of pyridine rings is 1. The first-order chi connectivity index (χ1) is 15.4. The molecule has 1 rings (SSSR count). The van der Waals surface area contributed by atoms with E-state index >= 15 is 0 Å². The average molecular weight is 428 g/mol. The van der Waals surface area contributed by atoms with Crippen molar-refractivity contribution in [2.75, 3.05) is 0 Å². The van der Waals surface area contributed by atoms with E-state index in [1.54, 1.807) is 24.3 Å². The highest BCUT2D eigenvalue weighted by Crippen LogP contribution is 2.15. The molecule has 0 spiro atoms. The zero-order valence-electron chi connectivity index (χ0n) is 19.3. The van der Waals surface area contributed by atoms with E-state index in [1.807, 2.05) is 43.4 Å². The number of carbonyl (C=O) groups is 2. The third kappa shape index (κ3) is 9.05. The van der Waals surface area contributed by atoms with E-state index in [1.165, 1.54) is 6.08 Å². The van der Waals surface area contributed by atoms with Crippen LogP contribution in [0.3, 0.4) is 0 Å². The van der Waals surface area contributed by atoms with Gasteiger partial charge in [0, 0.05) is 23.3 Å². The van der Waals surface area contributed by atoms with E-state index in [2.05, 4.69) is 38.2 Å². The molecule has 166 valence electrons. The number of allylic oxidation sites excluding steroid dienone is 12. The van der Waals surface area contributed by atoms with E-state index in [-0.39, 0.29) is 24.4 Å². The summed E-state index contributed by atoms with van der Waals surface area (Å²) in [5, 5.41) is 0. The topological polar surface area (TPSA) is 47.0 Å². The first kappa shape index (κ1) is 26.4. The molecule has 1 heterocycles. The zero-order valence-corrected chi connectivity index (χ0v) is 19.3. The summed E-state index contributed by atoms with van der Waals surface area (Å²) in [4.78, 5) is 29.3. The Labute approximate surface area is 192 Å². The van der Waals surface area contributed by atoms with Gasteiger partial charge in [0.25, 0.3) is 0 Å². The first-order valence-electron chi connectivity index (χ1n) is 10.7. The third-order valence-corrected chi connectivity index (χ3v) is 4.65. The Morgan fingerprint density at radius 2 is 1.75 bits per heavy atom. The summed E-state index contributed by atoms with van der Waals surface area (Å²) >= 11 is 0. The SMILES string of the molecule is C=C/C=C(\C=C)C(=O)CC(=C)/C=C\C=C(/C)c1cccc(CC(=O)/C(C=C)=C/CCC)n1. The van der Waals surface area contributed by atoms with Gasteiger partial charge in [0.2, 0.25) is 0 Å². The first-order valence-corrected chi connectivity index (χ1v) is 10.7. The van der Waals surface area contributed by atoms with Crippen molar-refractivity contribution in [3.63, 3.8) is 0 Å². The standard InChI is InChI=1S/C29H33NO2/c1-7-11-17-25(10-4)29(32)21-26-18-13-19-27(30-26)23(6)16-12-15-22(5)20-28(31)24(9-3)14-8-2/h8-10,12-19H,2-5,7,11,20-21H2,1,6H3/b15-12-,23-16+,24-14+,25-17+. The molecule has 0 unspecified atom stereocenters.